The molecule has 0 aliphatic carbocycles. The zero-order valence-electron chi connectivity index (χ0n) is 20.8. The molecule has 1 aromatic carbocycles. The molecule has 35 heavy (non-hydrogen) atoms. The van der Waals surface area contributed by atoms with E-state index >= 15 is 0 Å². The Bertz CT molecular complexity index is 1210. The Morgan fingerprint density at radius 3 is 2.60 bits per heavy atom. The number of nitrogens with one attached hydrogen (secondary N) is 2. The first-order chi connectivity index (χ1) is 16.9. The summed E-state index contributed by atoms with van der Waals surface area (Å²) in [4.78, 5) is 29.4. The van der Waals surface area contributed by atoms with Gasteiger partial charge >= 0.3 is 6.09 Å². The van der Waals surface area contributed by atoms with E-state index in [9.17, 15) is 4.79 Å². The predicted molar refractivity (Wildman–Crippen MR) is 139 cm³/mol. The van der Waals surface area contributed by atoms with Crippen LogP contribution in [0.5, 0.6) is 0 Å². The summed E-state index contributed by atoms with van der Waals surface area (Å²) in [5.41, 5.74) is 3.69. The van der Waals surface area contributed by atoms with Crippen LogP contribution in [0.1, 0.15) is 45.7 Å². The van der Waals surface area contributed by atoms with Gasteiger partial charge in [0.05, 0.1) is 5.39 Å². The molecule has 1 saturated heterocycles. The van der Waals surface area contributed by atoms with E-state index in [0.717, 1.165) is 60.6 Å². The van der Waals surface area contributed by atoms with Crippen molar-refractivity contribution in [3.8, 4) is 0 Å². The molecule has 2 aromatic heterocycles. The molecule has 3 aromatic rings. The van der Waals surface area contributed by atoms with Crippen LogP contribution < -0.4 is 10.2 Å². The van der Waals surface area contributed by atoms with E-state index in [4.69, 9.17) is 9.72 Å². The number of aromatic amines is 1. The molecule has 0 unspecified atom stereocenters. The number of piperidine rings is 1. The highest BCUT2D eigenvalue weighted by Crippen LogP contribution is 2.35. The fourth-order valence-electron chi connectivity index (χ4n) is 4.86. The van der Waals surface area contributed by atoms with Gasteiger partial charge < -0.3 is 24.8 Å². The predicted octanol–water partition coefficient (Wildman–Crippen LogP) is 4.87. The normalized spacial score (nSPS) is 17.3. The maximum absolute atomic E-state index is 12.4. The number of aromatic nitrogens is 3. The Morgan fingerprint density at radius 2 is 1.91 bits per heavy atom. The third-order valence-electron chi connectivity index (χ3n) is 6.55. The van der Waals surface area contributed by atoms with Crippen LogP contribution in [0.3, 0.4) is 0 Å². The molecule has 1 fully saturated rings. The van der Waals surface area contributed by atoms with Crippen LogP contribution >= 0.6 is 0 Å². The molecule has 0 saturated carbocycles. The highest BCUT2D eigenvalue weighted by Gasteiger charge is 2.27. The highest BCUT2D eigenvalue weighted by atomic mass is 16.6. The summed E-state index contributed by atoms with van der Waals surface area (Å²) in [6, 6.07) is 13.0. The number of H-pyrrole nitrogens is 1. The molecular formula is C27H34N6O2. The number of carbonyl (C=O) groups excluding carboxylic acids is 1. The second-order valence-electron chi connectivity index (χ2n) is 10.2. The lowest BCUT2D eigenvalue weighted by atomic mass is 10.0. The summed E-state index contributed by atoms with van der Waals surface area (Å²) < 4.78 is 5.53. The Kier molecular flexibility index (Phi) is 6.47. The van der Waals surface area contributed by atoms with Crippen LogP contribution in [-0.4, -0.2) is 63.8 Å². The molecule has 8 heteroatoms. The SMILES string of the molecule is CC(C)(C)OC(=O)N1CC=C(c2cc3c(N(c4ccccc4)C4CCNCC4)ncnc3[nH]2)CC1. The van der Waals surface area contributed by atoms with Crippen molar-refractivity contribution >= 4 is 34.2 Å². The standard InChI is InChI=1S/C27H34N6O2/c1-27(2,3)35-26(34)32-15-11-19(12-16-32)23-17-22-24(31-23)29-18-30-25(22)33(20-7-5-4-6-8-20)21-9-13-28-14-10-21/h4-8,11,17-18,21,28H,9-10,12-16H2,1-3H3,(H,29,30,31). The first kappa shape index (κ1) is 23.4. The number of anilines is 2. The number of carbonyl (C=O) groups is 1. The summed E-state index contributed by atoms with van der Waals surface area (Å²) in [5, 5.41) is 4.48. The van der Waals surface area contributed by atoms with Crippen molar-refractivity contribution < 1.29 is 9.53 Å². The molecule has 5 rings (SSSR count). The maximum Gasteiger partial charge on any atom is 0.410 e. The number of amides is 1. The Labute approximate surface area is 206 Å². The zero-order valence-corrected chi connectivity index (χ0v) is 20.8. The van der Waals surface area contributed by atoms with Crippen LogP contribution in [0.15, 0.2) is 48.8 Å². The van der Waals surface area contributed by atoms with E-state index in [-0.39, 0.29) is 6.09 Å². The number of rotatable bonds is 4. The summed E-state index contributed by atoms with van der Waals surface area (Å²) in [7, 11) is 0. The second kappa shape index (κ2) is 9.70. The van der Waals surface area contributed by atoms with Crippen molar-refractivity contribution in [1.29, 1.82) is 0 Å². The third kappa shape index (κ3) is 5.17. The van der Waals surface area contributed by atoms with Crippen molar-refractivity contribution in [3.05, 3.63) is 54.5 Å². The van der Waals surface area contributed by atoms with Gasteiger partial charge in [0.2, 0.25) is 0 Å². The smallest absolute Gasteiger partial charge is 0.410 e. The zero-order chi connectivity index (χ0) is 24.4. The van der Waals surface area contributed by atoms with Gasteiger partial charge in [-0.25, -0.2) is 14.8 Å². The van der Waals surface area contributed by atoms with E-state index in [2.05, 4.69) is 56.6 Å². The number of fused-ring (bicyclic) bond motifs is 1. The van der Waals surface area contributed by atoms with E-state index in [1.807, 2.05) is 26.8 Å². The second-order valence-corrected chi connectivity index (χ2v) is 10.2. The largest absolute Gasteiger partial charge is 0.444 e. The molecule has 184 valence electrons. The van der Waals surface area contributed by atoms with Gasteiger partial charge in [-0.3, -0.25) is 0 Å². The van der Waals surface area contributed by atoms with Gasteiger partial charge in [0.1, 0.15) is 23.4 Å². The number of hydrogen-bond donors (Lipinski definition) is 2. The van der Waals surface area contributed by atoms with Gasteiger partial charge in [0.15, 0.2) is 0 Å². The minimum absolute atomic E-state index is 0.266. The number of ether oxygens (including phenoxy) is 1. The van der Waals surface area contributed by atoms with Crippen LogP contribution in [0, 0.1) is 0 Å². The van der Waals surface area contributed by atoms with Gasteiger partial charge in [0, 0.05) is 30.5 Å². The third-order valence-corrected chi connectivity index (χ3v) is 6.55. The van der Waals surface area contributed by atoms with Crippen molar-refractivity contribution in [3.63, 3.8) is 0 Å². The topological polar surface area (TPSA) is 86.4 Å². The summed E-state index contributed by atoms with van der Waals surface area (Å²) in [6.07, 6.45) is 6.36. The number of hydrogen-bond acceptors (Lipinski definition) is 6. The summed E-state index contributed by atoms with van der Waals surface area (Å²) >= 11 is 0. The monoisotopic (exact) mass is 474 g/mol. The van der Waals surface area contributed by atoms with Gasteiger partial charge in [0.25, 0.3) is 0 Å². The van der Waals surface area contributed by atoms with Gasteiger partial charge in [-0.15, -0.1) is 0 Å². The fraction of sp³-hybridized carbons (Fsp3) is 0.444. The van der Waals surface area contributed by atoms with Crippen molar-refractivity contribution in [1.82, 2.24) is 25.2 Å². The Hall–Kier alpha value is -3.39. The lowest BCUT2D eigenvalue weighted by molar-refractivity contribution is 0.0270. The molecule has 0 radical (unpaired) electrons. The molecule has 8 nitrogen and oxygen atoms in total. The minimum atomic E-state index is -0.494. The molecule has 1 amide bonds. The molecule has 0 bridgehead atoms. The number of benzene rings is 1. The number of nitrogens with zero attached hydrogens (tertiary/aromatic N) is 4. The highest BCUT2D eigenvalue weighted by molar-refractivity contribution is 5.93. The van der Waals surface area contributed by atoms with Gasteiger partial charge in [-0.2, -0.15) is 0 Å². The quantitative estimate of drug-likeness (QED) is 0.561. The minimum Gasteiger partial charge on any atom is -0.444 e. The van der Waals surface area contributed by atoms with Crippen LogP contribution in [0.2, 0.25) is 0 Å². The molecule has 0 spiro atoms. The fourth-order valence-corrected chi connectivity index (χ4v) is 4.86. The lowest BCUT2D eigenvalue weighted by Crippen LogP contribution is -2.41. The van der Waals surface area contributed by atoms with Crippen LogP contribution in [0.25, 0.3) is 16.6 Å². The van der Waals surface area contributed by atoms with E-state index in [1.54, 1.807) is 11.2 Å². The summed E-state index contributed by atoms with van der Waals surface area (Å²) in [6.45, 7) is 8.83. The molecular weight excluding hydrogens is 440 g/mol. The Morgan fingerprint density at radius 1 is 1.14 bits per heavy atom. The molecule has 2 aliphatic rings. The van der Waals surface area contributed by atoms with Gasteiger partial charge in [-0.05, 0) is 76.9 Å². The first-order valence-corrected chi connectivity index (χ1v) is 12.4. The molecule has 2 aliphatic heterocycles. The van der Waals surface area contributed by atoms with E-state index < -0.39 is 5.60 Å². The number of para-hydroxylation sites is 1. The van der Waals surface area contributed by atoms with Crippen molar-refractivity contribution in [2.45, 2.75) is 51.7 Å². The average Bonchev–Trinajstić information content (AvgIpc) is 3.30. The lowest BCUT2D eigenvalue weighted by Gasteiger charge is -2.35. The van der Waals surface area contributed by atoms with Crippen molar-refractivity contribution in [2.75, 3.05) is 31.1 Å². The maximum atomic E-state index is 12.4. The Balaban J connectivity index is 1.45. The molecule has 4 heterocycles. The first-order valence-electron chi connectivity index (χ1n) is 12.4. The van der Waals surface area contributed by atoms with E-state index in [0.29, 0.717) is 19.1 Å². The average molecular weight is 475 g/mol. The molecule has 2 N–H and O–H groups in total. The van der Waals surface area contributed by atoms with Gasteiger partial charge in [-0.1, -0.05) is 24.3 Å². The van der Waals surface area contributed by atoms with E-state index in [1.165, 1.54) is 5.57 Å². The molecule has 0 atom stereocenters. The van der Waals surface area contributed by atoms with Crippen LogP contribution in [0.4, 0.5) is 16.3 Å². The van der Waals surface area contributed by atoms with Crippen molar-refractivity contribution in [2.24, 2.45) is 0 Å². The van der Waals surface area contributed by atoms with Crippen LogP contribution in [-0.2, 0) is 4.74 Å². The summed E-state index contributed by atoms with van der Waals surface area (Å²) in [5.74, 6) is 0.933.